The molecule has 0 unspecified atom stereocenters. The first-order valence-corrected chi connectivity index (χ1v) is 6.20. The van der Waals surface area contributed by atoms with Crippen LogP contribution in [0.25, 0.3) is 0 Å². The van der Waals surface area contributed by atoms with E-state index in [2.05, 4.69) is 5.32 Å². The molecule has 1 saturated heterocycles. The summed E-state index contributed by atoms with van der Waals surface area (Å²) < 4.78 is 10.6. The van der Waals surface area contributed by atoms with Crippen LogP contribution < -0.4 is 5.32 Å². The van der Waals surface area contributed by atoms with E-state index >= 15 is 0 Å². The van der Waals surface area contributed by atoms with Crippen molar-refractivity contribution in [2.45, 2.75) is 44.8 Å². The minimum atomic E-state index is -0.235. The molecule has 1 fully saturated rings. The second kappa shape index (κ2) is 5.87. The zero-order chi connectivity index (χ0) is 12.1. The highest BCUT2D eigenvalue weighted by Gasteiger charge is 2.24. The number of amides is 1. The largest absolute Gasteiger partial charge is 0.469 e. The van der Waals surface area contributed by atoms with Crippen LogP contribution in [-0.2, 0) is 16.0 Å². The van der Waals surface area contributed by atoms with Crippen LogP contribution in [0.1, 0.15) is 31.9 Å². The van der Waals surface area contributed by atoms with Crippen molar-refractivity contribution in [2.75, 3.05) is 6.61 Å². The van der Waals surface area contributed by atoms with Crippen LogP contribution in [0.5, 0.6) is 0 Å². The quantitative estimate of drug-likeness (QED) is 0.851. The molecule has 0 bridgehead atoms. The molecular weight excluding hydrogens is 218 g/mol. The van der Waals surface area contributed by atoms with E-state index in [-0.39, 0.29) is 18.1 Å². The standard InChI is InChI=1S/C13H19NO3/c1-10(6-7-11-4-2-8-16-11)14-13(15)12-5-3-9-17-12/h2,4,8,10,12H,3,5-7,9H2,1H3,(H,14,15)/t10-,12-/m1/s1. The summed E-state index contributed by atoms with van der Waals surface area (Å²) in [6, 6.07) is 3.98. The van der Waals surface area contributed by atoms with Crippen molar-refractivity contribution in [3.05, 3.63) is 24.2 Å². The molecule has 1 aromatic rings. The van der Waals surface area contributed by atoms with Crippen LogP contribution in [0.3, 0.4) is 0 Å². The molecule has 1 aliphatic heterocycles. The Labute approximate surface area is 101 Å². The molecule has 4 nitrogen and oxygen atoms in total. The van der Waals surface area contributed by atoms with Gasteiger partial charge < -0.3 is 14.5 Å². The molecule has 0 aromatic carbocycles. The average Bonchev–Trinajstić information content (AvgIpc) is 2.99. The molecule has 17 heavy (non-hydrogen) atoms. The number of aryl methyl sites for hydroxylation is 1. The fraction of sp³-hybridized carbons (Fsp3) is 0.615. The molecule has 0 radical (unpaired) electrons. The molecule has 1 aliphatic rings. The van der Waals surface area contributed by atoms with Gasteiger partial charge in [0.25, 0.3) is 0 Å². The third-order valence-corrected chi connectivity index (χ3v) is 3.01. The molecule has 4 heteroatoms. The van der Waals surface area contributed by atoms with Gasteiger partial charge in [0.2, 0.25) is 5.91 Å². The van der Waals surface area contributed by atoms with Gasteiger partial charge in [0.1, 0.15) is 11.9 Å². The summed E-state index contributed by atoms with van der Waals surface area (Å²) in [5.74, 6) is 0.984. The first-order chi connectivity index (χ1) is 8.25. The van der Waals surface area contributed by atoms with Crippen molar-refractivity contribution in [2.24, 2.45) is 0 Å². The maximum absolute atomic E-state index is 11.8. The SMILES string of the molecule is C[C@H](CCc1ccco1)NC(=O)[C@H]1CCCO1. The summed E-state index contributed by atoms with van der Waals surface area (Å²) >= 11 is 0. The normalized spacial score (nSPS) is 21.4. The highest BCUT2D eigenvalue weighted by Crippen LogP contribution is 2.12. The number of hydrogen-bond donors (Lipinski definition) is 1. The molecule has 0 aliphatic carbocycles. The molecule has 94 valence electrons. The van der Waals surface area contributed by atoms with E-state index in [9.17, 15) is 4.79 Å². The average molecular weight is 237 g/mol. The number of carbonyl (C=O) groups excluding carboxylic acids is 1. The molecule has 1 amide bonds. The first-order valence-electron chi connectivity index (χ1n) is 6.20. The topological polar surface area (TPSA) is 51.5 Å². The van der Waals surface area contributed by atoms with Crippen molar-refractivity contribution in [3.8, 4) is 0 Å². The smallest absolute Gasteiger partial charge is 0.249 e. The van der Waals surface area contributed by atoms with Gasteiger partial charge in [0, 0.05) is 19.1 Å². The number of carbonyl (C=O) groups is 1. The van der Waals surface area contributed by atoms with Crippen LogP contribution in [0.2, 0.25) is 0 Å². The Balaban J connectivity index is 1.69. The number of hydrogen-bond acceptors (Lipinski definition) is 3. The molecule has 0 spiro atoms. The number of nitrogens with one attached hydrogen (secondary N) is 1. The maximum Gasteiger partial charge on any atom is 0.249 e. The maximum atomic E-state index is 11.8. The van der Waals surface area contributed by atoms with Crippen molar-refractivity contribution < 1.29 is 13.9 Å². The zero-order valence-corrected chi connectivity index (χ0v) is 10.1. The summed E-state index contributed by atoms with van der Waals surface area (Å²) in [7, 11) is 0. The minimum absolute atomic E-state index is 0.0226. The number of furan rings is 1. The Hall–Kier alpha value is -1.29. The molecule has 2 atom stereocenters. The molecule has 1 aromatic heterocycles. The van der Waals surface area contributed by atoms with Gasteiger partial charge in [-0.3, -0.25) is 4.79 Å². The summed E-state index contributed by atoms with van der Waals surface area (Å²) in [4.78, 5) is 11.8. The van der Waals surface area contributed by atoms with Gasteiger partial charge in [-0.05, 0) is 38.3 Å². The zero-order valence-electron chi connectivity index (χ0n) is 10.1. The number of ether oxygens (including phenoxy) is 1. The highest BCUT2D eigenvalue weighted by molar-refractivity contribution is 5.81. The van der Waals surface area contributed by atoms with Crippen molar-refractivity contribution >= 4 is 5.91 Å². The Kier molecular flexibility index (Phi) is 4.20. The fourth-order valence-corrected chi connectivity index (χ4v) is 2.01. The van der Waals surface area contributed by atoms with E-state index in [1.165, 1.54) is 0 Å². The highest BCUT2D eigenvalue weighted by atomic mass is 16.5. The lowest BCUT2D eigenvalue weighted by molar-refractivity contribution is -0.130. The van der Waals surface area contributed by atoms with Gasteiger partial charge in [-0.2, -0.15) is 0 Å². The Morgan fingerprint density at radius 1 is 1.65 bits per heavy atom. The predicted octanol–water partition coefficient (Wildman–Crippen LogP) is 1.90. The van der Waals surface area contributed by atoms with Gasteiger partial charge in [-0.1, -0.05) is 0 Å². The molecule has 2 heterocycles. The number of rotatable bonds is 5. The van der Waals surface area contributed by atoms with Gasteiger partial charge in [0.05, 0.1) is 6.26 Å². The second-order valence-corrected chi connectivity index (χ2v) is 4.53. The van der Waals surface area contributed by atoms with E-state index in [0.29, 0.717) is 6.61 Å². The van der Waals surface area contributed by atoms with E-state index in [1.54, 1.807) is 6.26 Å². The lowest BCUT2D eigenvalue weighted by atomic mass is 10.1. The molecular formula is C13H19NO3. The van der Waals surface area contributed by atoms with E-state index in [4.69, 9.17) is 9.15 Å². The summed E-state index contributed by atoms with van der Waals surface area (Å²) in [5, 5.41) is 2.98. The van der Waals surface area contributed by atoms with Crippen LogP contribution in [0.15, 0.2) is 22.8 Å². The van der Waals surface area contributed by atoms with Crippen LogP contribution >= 0.6 is 0 Å². The van der Waals surface area contributed by atoms with Gasteiger partial charge in [-0.25, -0.2) is 0 Å². The Morgan fingerprint density at radius 2 is 2.53 bits per heavy atom. The van der Waals surface area contributed by atoms with Crippen LogP contribution in [0, 0.1) is 0 Å². The second-order valence-electron chi connectivity index (χ2n) is 4.53. The predicted molar refractivity (Wildman–Crippen MR) is 63.6 cm³/mol. The first kappa shape index (κ1) is 12.2. The van der Waals surface area contributed by atoms with Gasteiger partial charge in [-0.15, -0.1) is 0 Å². The summed E-state index contributed by atoms with van der Waals surface area (Å²) in [6.07, 6.45) is 4.99. The lowest BCUT2D eigenvalue weighted by Gasteiger charge is -2.16. The minimum Gasteiger partial charge on any atom is -0.469 e. The fourth-order valence-electron chi connectivity index (χ4n) is 2.01. The van der Waals surface area contributed by atoms with E-state index in [0.717, 1.165) is 31.4 Å². The van der Waals surface area contributed by atoms with Crippen molar-refractivity contribution in [1.82, 2.24) is 5.32 Å². The van der Waals surface area contributed by atoms with Crippen molar-refractivity contribution in [3.63, 3.8) is 0 Å². The summed E-state index contributed by atoms with van der Waals surface area (Å²) in [5.41, 5.74) is 0. The molecule has 1 N–H and O–H groups in total. The van der Waals surface area contributed by atoms with Gasteiger partial charge in [0.15, 0.2) is 0 Å². The van der Waals surface area contributed by atoms with E-state index < -0.39 is 0 Å². The Morgan fingerprint density at radius 3 is 3.18 bits per heavy atom. The third kappa shape index (κ3) is 3.60. The van der Waals surface area contributed by atoms with Crippen LogP contribution in [-0.4, -0.2) is 24.7 Å². The molecule has 0 saturated carbocycles. The summed E-state index contributed by atoms with van der Waals surface area (Å²) in [6.45, 7) is 2.72. The lowest BCUT2D eigenvalue weighted by Crippen LogP contribution is -2.39. The monoisotopic (exact) mass is 237 g/mol. The van der Waals surface area contributed by atoms with E-state index in [1.807, 2.05) is 19.1 Å². The van der Waals surface area contributed by atoms with Crippen LogP contribution in [0.4, 0.5) is 0 Å². The molecule has 2 rings (SSSR count). The van der Waals surface area contributed by atoms with Crippen molar-refractivity contribution in [1.29, 1.82) is 0 Å². The Bertz CT molecular complexity index is 342. The third-order valence-electron chi connectivity index (χ3n) is 3.01. The van der Waals surface area contributed by atoms with Gasteiger partial charge >= 0.3 is 0 Å².